The van der Waals surface area contributed by atoms with Crippen molar-refractivity contribution in [1.29, 1.82) is 0 Å². The average Bonchev–Trinajstić information content (AvgIpc) is 3.19. The minimum absolute atomic E-state index is 0.00643. The van der Waals surface area contributed by atoms with E-state index >= 15 is 0 Å². The standard InChI is InChI=1S/C20H18F4N4O3/c1-30-15-6-7-16(31-2)12(10-15)8-9-25-19(29)17-18(20(22,23)24)28(27-26-17)14-5-3-4-13(21)11-14/h3-7,10-11H,8-9H2,1-2H3,(H,25,29). The molecule has 164 valence electrons. The predicted molar refractivity (Wildman–Crippen MR) is 102 cm³/mol. The lowest BCUT2D eigenvalue weighted by Crippen LogP contribution is -2.29. The molecule has 0 saturated carbocycles. The normalized spacial score (nSPS) is 11.3. The molecule has 0 unspecified atom stereocenters. The minimum Gasteiger partial charge on any atom is -0.497 e. The molecule has 1 amide bonds. The van der Waals surface area contributed by atoms with Crippen molar-refractivity contribution in [3.63, 3.8) is 0 Å². The van der Waals surface area contributed by atoms with Crippen LogP contribution in [0, 0.1) is 5.82 Å². The Morgan fingerprint density at radius 2 is 1.90 bits per heavy atom. The molecule has 3 rings (SSSR count). The van der Waals surface area contributed by atoms with E-state index in [4.69, 9.17) is 9.47 Å². The van der Waals surface area contributed by atoms with E-state index in [0.717, 1.165) is 12.1 Å². The van der Waals surface area contributed by atoms with Crippen molar-refractivity contribution in [2.75, 3.05) is 20.8 Å². The zero-order valence-electron chi connectivity index (χ0n) is 16.5. The number of nitrogens with one attached hydrogen (secondary N) is 1. The monoisotopic (exact) mass is 438 g/mol. The second-order valence-corrected chi connectivity index (χ2v) is 6.36. The summed E-state index contributed by atoms with van der Waals surface area (Å²) in [7, 11) is 2.97. The van der Waals surface area contributed by atoms with E-state index in [1.807, 2.05) is 0 Å². The quantitative estimate of drug-likeness (QED) is 0.572. The molecule has 0 atom stereocenters. The minimum atomic E-state index is -4.95. The van der Waals surface area contributed by atoms with Gasteiger partial charge in [0.2, 0.25) is 0 Å². The van der Waals surface area contributed by atoms with Gasteiger partial charge < -0.3 is 14.8 Å². The molecule has 1 aromatic heterocycles. The largest absolute Gasteiger partial charge is 0.497 e. The van der Waals surface area contributed by atoms with Crippen LogP contribution in [0.5, 0.6) is 11.5 Å². The molecule has 0 aliphatic carbocycles. The Morgan fingerprint density at radius 3 is 2.55 bits per heavy atom. The zero-order chi connectivity index (χ0) is 22.6. The molecule has 3 aromatic rings. The molecular formula is C20H18F4N4O3. The van der Waals surface area contributed by atoms with Gasteiger partial charge in [-0.05, 0) is 48.4 Å². The molecule has 0 bridgehead atoms. The Morgan fingerprint density at radius 1 is 1.13 bits per heavy atom. The Bertz CT molecular complexity index is 1080. The Hall–Kier alpha value is -3.63. The molecule has 0 aliphatic heterocycles. The number of benzene rings is 2. The van der Waals surface area contributed by atoms with Crippen molar-refractivity contribution in [2.24, 2.45) is 0 Å². The van der Waals surface area contributed by atoms with E-state index in [1.54, 1.807) is 18.2 Å². The zero-order valence-corrected chi connectivity index (χ0v) is 16.5. The highest BCUT2D eigenvalue weighted by molar-refractivity contribution is 5.93. The summed E-state index contributed by atoms with van der Waals surface area (Å²) in [6.07, 6.45) is -4.68. The number of nitrogens with zero attached hydrogens (tertiary/aromatic N) is 3. The first-order valence-corrected chi connectivity index (χ1v) is 9.02. The lowest BCUT2D eigenvalue weighted by atomic mass is 10.1. The molecule has 0 spiro atoms. The smallest absolute Gasteiger partial charge is 0.435 e. The Kier molecular flexibility index (Phi) is 6.42. The topological polar surface area (TPSA) is 78.3 Å². The van der Waals surface area contributed by atoms with Crippen molar-refractivity contribution < 1.29 is 31.8 Å². The fraction of sp³-hybridized carbons (Fsp3) is 0.250. The molecule has 0 aliphatic rings. The van der Waals surface area contributed by atoms with Gasteiger partial charge >= 0.3 is 6.18 Å². The third-order valence-corrected chi connectivity index (χ3v) is 4.37. The van der Waals surface area contributed by atoms with Crippen molar-refractivity contribution >= 4 is 5.91 Å². The van der Waals surface area contributed by atoms with Crippen LogP contribution in [-0.2, 0) is 12.6 Å². The molecule has 0 fully saturated rings. The van der Waals surface area contributed by atoms with Gasteiger partial charge in [0.25, 0.3) is 5.91 Å². The van der Waals surface area contributed by atoms with Gasteiger partial charge in [0.1, 0.15) is 17.3 Å². The van der Waals surface area contributed by atoms with Gasteiger partial charge in [0, 0.05) is 6.54 Å². The highest BCUT2D eigenvalue weighted by Crippen LogP contribution is 2.33. The maximum absolute atomic E-state index is 13.7. The van der Waals surface area contributed by atoms with Crippen LogP contribution in [0.4, 0.5) is 17.6 Å². The summed E-state index contributed by atoms with van der Waals surface area (Å²) < 4.78 is 65.2. The highest BCUT2D eigenvalue weighted by Gasteiger charge is 2.42. The van der Waals surface area contributed by atoms with Crippen LogP contribution in [0.15, 0.2) is 42.5 Å². The molecule has 31 heavy (non-hydrogen) atoms. The van der Waals surface area contributed by atoms with Crippen molar-refractivity contribution in [3.05, 3.63) is 65.2 Å². The summed E-state index contributed by atoms with van der Waals surface area (Å²) in [5.74, 6) is -0.696. The third kappa shape index (κ3) is 4.93. The van der Waals surface area contributed by atoms with Crippen LogP contribution in [0.25, 0.3) is 5.69 Å². The summed E-state index contributed by atoms with van der Waals surface area (Å²) >= 11 is 0. The number of carbonyl (C=O) groups excluding carboxylic acids is 1. The van der Waals surface area contributed by atoms with Gasteiger partial charge in [0.05, 0.1) is 19.9 Å². The third-order valence-electron chi connectivity index (χ3n) is 4.37. The molecule has 0 saturated heterocycles. The Balaban J connectivity index is 1.81. The van der Waals surface area contributed by atoms with Crippen LogP contribution in [0.2, 0.25) is 0 Å². The average molecular weight is 438 g/mol. The van der Waals surface area contributed by atoms with Crippen LogP contribution in [0.3, 0.4) is 0 Å². The second kappa shape index (κ2) is 9.02. The molecule has 11 heteroatoms. The lowest BCUT2D eigenvalue weighted by Gasteiger charge is -2.12. The second-order valence-electron chi connectivity index (χ2n) is 6.36. The van der Waals surface area contributed by atoms with E-state index < -0.39 is 29.3 Å². The van der Waals surface area contributed by atoms with Crippen LogP contribution >= 0.6 is 0 Å². The highest BCUT2D eigenvalue weighted by atomic mass is 19.4. The van der Waals surface area contributed by atoms with Gasteiger partial charge in [-0.25, -0.2) is 9.07 Å². The number of rotatable bonds is 7. The van der Waals surface area contributed by atoms with Crippen molar-refractivity contribution in [1.82, 2.24) is 20.3 Å². The number of aromatic nitrogens is 3. The molecule has 1 heterocycles. The number of methoxy groups -OCH3 is 2. The molecule has 2 aromatic carbocycles. The Labute approximate surface area is 174 Å². The van der Waals surface area contributed by atoms with E-state index in [-0.39, 0.29) is 18.7 Å². The molecule has 7 nitrogen and oxygen atoms in total. The molecule has 1 N–H and O–H groups in total. The van der Waals surface area contributed by atoms with Gasteiger partial charge in [-0.3, -0.25) is 4.79 Å². The van der Waals surface area contributed by atoms with Crippen molar-refractivity contribution in [3.8, 4) is 17.2 Å². The first-order valence-electron chi connectivity index (χ1n) is 9.02. The van der Waals surface area contributed by atoms with Crippen molar-refractivity contribution in [2.45, 2.75) is 12.6 Å². The van der Waals surface area contributed by atoms with E-state index in [9.17, 15) is 22.4 Å². The summed E-state index contributed by atoms with van der Waals surface area (Å²) in [6, 6.07) is 9.47. The SMILES string of the molecule is COc1ccc(OC)c(CCNC(=O)c2nnn(-c3cccc(F)c3)c2C(F)(F)F)c1. The number of carbonyl (C=O) groups is 1. The van der Waals surface area contributed by atoms with Crippen LogP contribution < -0.4 is 14.8 Å². The number of alkyl halides is 3. The first kappa shape index (κ1) is 22.1. The van der Waals surface area contributed by atoms with Gasteiger partial charge in [-0.15, -0.1) is 5.10 Å². The van der Waals surface area contributed by atoms with Gasteiger partial charge in [0.15, 0.2) is 11.4 Å². The van der Waals surface area contributed by atoms with Gasteiger partial charge in [-0.1, -0.05) is 11.3 Å². The summed E-state index contributed by atoms with van der Waals surface area (Å²) in [5.41, 5.74) is -1.81. The number of hydrogen-bond acceptors (Lipinski definition) is 5. The van der Waals surface area contributed by atoms with E-state index in [1.165, 1.54) is 26.4 Å². The first-order chi connectivity index (χ1) is 14.7. The lowest BCUT2D eigenvalue weighted by molar-refractivity contribution is -0.143. The van der Waals surface area contributed by atoms with Gasteiger partial charge in [-0.2, -0.15) is 13.2 Å². The van der Waals surface area contributed by atoms with E-state index in [0.29, 0.717) is 21.7 Å². The number of ether oxygens (including phenoxy) is 2. The van der Waals surface area contributed by atoms with Crippen LogP contribution in [0.1, 0.15) is 21.7 Å². The number of hydrogen-bond donors (Lipinski definition) is 1. The fourth-order valence-electron chi connectivity index (χ4n) is 2.95. The fourth-order valence-corrected chi connectivity index (χ4v) is 2.95. The summed E-state index contributed by atoms with van der Waals surface area (Å²) in [6.45, 7) is 0.00643. The molecule has 0 radical (unpaired) electrons. The maximum atomic E-state index is 13.7. The number of amides is 1. The predicted octanol–water partition coefficient (Wildman–Crippen LogP) is 3.41. The van der Waals surface area contributed by atoms with E-state index in [2.05, 4.69) is 15.6 Å². The maximum Gasteiger partial charge on any atom is 0.435 e. The van der Waals surface area contributed by atoms with Crippen LogP contribution in [-0.4, -0.2) is 41.7 Å². The number of halogens is 4. The molecular weight excluding hydrogens is 420 g/mol. The summed E-state index contributed by atoms with van der Waals surface area (Å²) in [4.78, 5) is 12.4. The summed E-state index contributed by atoms with van der Waals surface area (Å²) in [5, 5.41) is 9.20.